The highest BCUT2D eigenvalue weighted by atomic mass is 32.3. The monoisotopic (exact) mass is 358 g/mol. The molecule has 1 aliphatic rings. The number of carbonyl (C=O) groups excluding carboxylic acids is 1. The highest BCUT2D eigenvalue weighted by Gasteiger charge is 2.30. The van der Waals surface area contributed by atoms with E-state index >= 15 is 0 Å². The number of hydrogen-bond acceptors (Lipinski definition) is 4. The number of ketones is 1. The van der Waals surface area contributed by atoms with Gasteiger partial charge in [0.15, 0.2) is 0 Å². The van der Waals surface area contributed by atoms with Crippen LogP contribution in [0.2, 0.25) is 0 Å². The third-order valence-electron chi connectivity index (χ3n) is 4.13. The van der Waals surface area contributed by atoms with Gasteiger partial charge in [-0.05, 0) is 44.4 Å². The molecule has 130 valence electrons. The summed E-state index contributed by atoms with van der Waals surface area (Å²) in [5.74, 6) is 0.452. The van der Waals surface area contributed by atoms with Gasteiger partial charge in [0.05, 0.1) is 10.6 Å². The lowest BCUT2D eigenvalue weighted by Crippen LogP contribution is -2.25. The van der Waals surface area contributed by atoms with Crippen molar-refractivity contribution >= 4 is 26.2 Å². The zero-order valence-corrected chi connectivity index (χ0v) is 15.7. The third-order valence-corrected chi connectivity index (χ3v) is 8.15. The van der Waals surface area contributed by atoms with Crippen LogP contribution in [-0.4, -0.2) is 32.5 Å². The number of aryl methyl sites for hydroxylation is 1. The van der Waals surface area contributed by atoms with Gasteiger partial charge in [0, 0.05) is 5.92 Å². The maximum atomic E-state index is 12.4. The molecule has 0 atom stereocenters. The Bertz CT molecular complexity index is 642. The molecular formula is C17H26O4S2. The number of Topliss-reactive ketones (excluding diaryl/α,β-unsaturated/α-hetero) is 1. The summed E-state index contributed by atoms with van der Waals surface area (Å²) < 4.78 is 30.3. The van der Waals surface area contributed by atoms with Crippen LogP contribution in [-0.2, 0) is 18.5 Å². The Morgan fingerprint density at radius 1 is 1.09 bits per heavy atom. The fourth-order valence-corrected chi connectivity index (χ4v) is 6.73. The first-order chi connectivity index (χ1) is 10.7. The van der Waals surface area contributed by atoms with Gasteiger partial charge in [-0.2, -0.15) is 8.42 Å². The summed E-state index contributed by atoms with van der Waals surface area (Å²) in [6, 6.07) is 6.57. The van der Waals surface area contributed by atoms with Crippen molar-refractivity contribution in [2.75, 3.05) is 18.3 Å². The largest absolute Gasteiger partial charge is 0.306 e. The predicted octanol–water partition coefficient (Wildman–Crippen LogP) is 3.83. The quantitative estimate of drug-likeness (QED) is 0.775. The van der Waals surface area contributed by atoms with Gasteiger partial charge in [-0.3, -0.25) is 4.79 Å². The van der Waals surface area contributed by atoms with Gasteiger partial charge in [-0.15, -0.1) is 10.3 Å². The SMILES string of the molecule is Cc1ccc(S(=O)(=O)OS(C)(C)CC(=O)C2CCCCC2)cc1. The molecule has 0 bridgehead atoms. The molecule has 0 amide bonds. The third kappa shape index (κ3) is 5.33. The fourth-order valence-electron chi connectivity index (χ4n) is 2.90. The highest BCUT2D eigenvalue weighted by molar-refractivity contribution is 8.32. The molecule has 0 radical (unpaired) electrons. The van der Waals surface area contributed by atoms with E-state index in [1.165, 1.54) is 6.42 Å². The van der Waals surface area contributed by atoms with Crippen molar-refractivity contribution in [3.05, 3.63) is 29.8 Å². The lowest BCUT2D eigenvalue weighted by Gasteiger charge is -2.31. The number of carbonyl (C=O) groups is 1. The summed E-state index contributed by atoms with van der Waals surface area (Å²) in [5.41, 5.74) is 0.989. The summed E-state index contributed by atoms with van der Waals surface area (Å²) >= 11 is 0. The van der Waals surface area contributed by atoms with Crippen molar-refractivity contribution in [1.29, 1.82) is 0 Å². The molecule has 23 heavy (non-hydrogen) atoms. The smallest absolute Gasteiger partial charge is 0.298 e. The molecule has 0 spiro atoms. The molecule has 1 aromatic carbocycles. The molecule has 0 heterocycles. The van der Waals surface area contributed by atoms with Crippen LogP contribution in [0.3, 0.4) is 0 Å². The second kappa shape index (κ2) is 7.36. The molecule has 6 heteroatoms. The minimum absolute atomic E-state index is 0.0844. The van der Waals surface area contributed by atoms with E-state index in [9.17, 15) is 13.2 Å². The molecular weight excluding hydrogens is 332 g/mol. The van der Waals surface area contributed by atoms with E-state index in [-0.39, 0.29) is 22.3 Å². The molecule has 1 fully saturated rings. The first-order valence-corrected chi connectivity index (χ1v) is 11.9. The maximum absolute atomic E-state index is 12.4. The molecule has 1 saturated carbocycles. The Kier molecular flexibility index (Phi) is 5.92. The summed E-state index contributed by atoms with van der Waals surface area (Å²) in [7, 11) is -5.81. The van der Waals surface area contributed by atoms with E-state index in [1.54, 1.807) is 36.8 Å². The Labute approximate surface area is 141 Å². The van der Waals surface area contributed by atoms with Crippen LogP contribution in [0.1, 0.15) is 37.7 Å². The predicted molar refractivity (Wildman–Crippen MR) is 95.3 cm³/mol. The second-order valence-electron chi connectivity index (χ2n) is 6.72. The normalized spacial score (nSPS) is 17.9. The van der Waals surface area contributed by atoms with Crippen LogP contribution in [0.15, 0.2) is 29.2 Å². The van der Waals surface area contributed by atoms with E-state index in [2.05, 4.69) is 0 Å². The summed E-state index contributed by atoms with van der Waals surface area (Å²) in [6.07, 6.45) is 8.73. The van der Waals surface area contributed by atoms with E-state index in [1.807, 2.05) is 6.92 Å². The molecule has 0 aliphatic heterocycles. The van der Waals surface area contributed by atoms with Crippen LogP contribution in [0, 0.1) is 12.8 Å². The number of benzene rings is 1. The van der Waals surface area contributed by atoms with Gasteiger partial charge >= 0.3 is 10.1 Å². The molecule has 0 N–H and O–H groups in total. The molecule has 1 aliphatic carbocycles. The van der Waals surface area contributed by atoms with Crippen LogP contribution in [0.4, 0.5) is 0 Å². The number of rotatable bonds is 6. The summed E-state index contributed by atoms with van der Waals surface area (Å²) in [5, 5.41) is 0. The summed E-state index contributed by atoms with van der Waals surface area (Å²) in [6.45, 7) is 1.90. The molecule has 1 aromatic rings. The molecule has 0 saturated heterocycles. The zero-order chi connectivity index (χ0) is 17.1. The van der Waals surface area contributed by atoms with E-state index < -0.39 is 20.4 Å². The molecule has 0 unspecified atom stereocenters. The van der Waals surface area contributed by atoms with Gasteiger partial charge in [-0.1, -0.05) is 37.0 Å². The molecule has 0 aromatic heterocycles. The van der Waals surface area contributed by atoms with Crippen molar-refractivity contribution < 1.29 is 16.8 Å². The Hall–Kier alpha value is -0.850. The van der Waals surface area contributed by atoms with Gasteiger partial charge in [0.25, 0.3) is 0 Å². The van der Waals surface area contributed by atoms with Crippen molar-refractivity contribution in [2.24, 2.45) is 5.92 Å². The lowest BCUT2D eigenvalue weighted by molar-refractivity contribution is -0.121. The van der Waals surface area contributed by atoms with Gasteiger partial charge < -0.3 is 0 Å². The highest BCUT2D eigenvalue weighted by Crippen LogP contribution is 2.45. The van der Waals surface area contributed by atoms with Crippen LogP contribution < -0.4 is 0 Å². The Balaban J connectivity index is 2.04. The van der Waals surface area contributed by atoms with Crippen molar-refractivity contribution in [1.82, 2.24) is 0 Å². The topological polar surface area (TPSA) is 60.4 Å². The van der Waals surface area contributed by atoms with E-state index in [0.29, 0.717) is 0 Å². The van der Waals surface area contributed by atoms with Gasteiger partial charge in [0.2, 0.25) is 0 Å². The number of hydrogen-bond donors (Lipinski definition) is 0. The first kappa shape index (κ1) is 18.5. The van der Waals surface area contributed by atoms with Gasteiger partial charge in [0.1, 0.15) is 5.78 Å². The Morgan fingerprint density at radius 2 is 1.65 bits per heavy atom. The van der Waals surface area contributed by atoms with Crippen molar-refractivity contribution in [3.63, 3.8) is 0 Å². The van der Waals surface area contributed by atoms with Crippen LogP contribution >= 0.6 is 10.3 Å². The fraction of sp³-hybridized carbons (Fsp3) is 0.588. The molecule has 2 rings (SSSR count). The first-order valence-electron chi connectivity index (χ1n) is 7.96. The molecule has 4 nitrogen and oxygen atoms in total. The summed E-state index contributed by atoms with van der Waals surface area (Å²) in [4.78, 5) is 12.6. The van der Waals surface area contributed by atoms with E-state index in [4.69, 9.17) is 3.63 Å². The van der Waals surface area contributed by atoms with Crippen molar-refractivity contribution in [2.45, 2.75) is 43.9 Å². The zero-order valence-electron chi connectivity index (χ0n) is 14.1. The minimum atomic E-state index is -3.83. The second-order valence-corrected chi connectivity index (χ2v) is 11.8. The van der Waals surface area contributed by atoms with Crippen LogP contribution in [0.5, 0.6) is 0 Å². The average molecular weight is 359 g/mol. The standard InChI is InChI=1S/C17H26O4S2/c1-14-9-11-16(12-10-14)23(19,20)21-22(2,3)13-17(18)15-7-5-4-6-8-15/h9-12,15H,4-8,13H2,1-3H3. The van der Waals surface area contributed by atoms with Crippen LogP contribution in [0.25, 0.3) is 0 Å². The van der Waals surface area contributed by atoms with Crippen molar-refractivity contribution in [3.8, 4) is 0 Å². The minimum Gasteiger partial charge on any atom is -0.298 e. The maximum Gasteiger partial charge on any atom is 0.306 e. The van der Waals surface area contributed by atoms with E-state index in [0.717, 1.165) is 31.2 Å². The van der Waals surface area contributed by atoms with Gasteiger partial charge in [-0.25, -0.2) is 3.63 Å². The lowest BCUT2D eigenvalue weighted by atomic mass is 9.87. The average Bonchev–Trinajstić information content (AvgIpc) is 2.47. The Morgan fingerprint density at radius 3 is 2.22 bits per heavy atom.